The molecule has 0 fully saturated rings. The molecule has 2 atom stereocenters. The lowest BCUT2D eigenvalue weighted by Crippen LogP contribution is -2.11. The molecule has 6 heteroatoms. The van der Waals surface area contributed by atoms with Crippen LogP contribution in [0.15, 0.2) is 54.6 Å². The molecule has 1 aromatic heterocycles. The van der Waals surface area contributed by atoms with Crippen molar-refractivity contribution in [2.24, 2.45) is 0 Å². The summed E-state index contributed by atoms with van der Waals surface area (Å²) in [4.78, 5) is 1.63. The number of hydrogen-bond donors (Lipinski definition) is 2. The second-order valence-electron chi connectivity index (χ2n) is 8.69. The van der Waals surface area contributed by atoms with E-state index < -0.39 is 0 Å². The van der Waals surface area contributed by atoms with Crippen LogP contribution in [0.1, 0.15) is 43.4 Å². The molecule has 33 heavy (non-hydrogen) atoms. The van der Waals surface area contributed by atoms with Crippen molar-refractivity contribution in [3.63, 3.8) is 0 Å². The van der Waals surface area contributed by atoms with Crippen molar-refractivity contribution in [3.05, 3.63) is 76.3 Å². The van der Waals surface area contributed by atoms with Gasteiger partial charge < -0.3 is 10.2 Å². The first-order valence-electron chi connectivity index (χ1n) is 11.5. The lowest BCUT2D eigenvalue weighted by molar-refractivity contribution is 0.169. The molecule has 3 aromatic carbocycles. The maximum absolute atomic E-state index is 10.2. The maximum Gasteiger partial charge on any atom is 0.115 e. The van der Waals surface area contributed by atoms with E-state index >= 15 is 0 Å². The SMILES string of the molecule is CCC(O)Cc1cc(CC(O)CC)cc(-c2ccc(-n3nc4ccc(Cl)cc4n3)cc2C)c1. The van der Waals surface area contributed by atoms with Crippen LogP contribution in [-0.4, -0.2) is 37.4 Å². The van der Waals surface area contributed by atoms with Gasteiger partial charge in [0.1, 0.15) is 11.0 Å². The summed E-state index contributed by atoms with van der Waals surface area (Å²) in [7, 11) is 0. The van der Waals surface area contributed by atoms with Gasteiger partial charge in [0.05, 0.1) is 17.9 Å². The van der Waals surface area contributed by atoms with Gasteiger partial charge in [0.15, 0.2) is 0 Å². The third-order valence-electron chi connectivity index (χ3n) is 6.03. The zero-order valence-corrected chi connectivity index (χ0v) is 20.0. The van der Waals surface area contributed by atoms with E-state index in [1.807, 2.05) is 38.1 Å². The number of fused-ring (bicyclic) bond motifs is 1. The first-order chi connectivity index (χ1) is 15.9. The first kappa shape index (κ1) is 23.4. The number of aliphatic hydroxyl groups excluding tert-OH is 2. The van der Waals surface area contributed by atoms with Crippen molar-refractivity contribution >= 4 is 22.6 Å². The molecule has 0 aliphatic carbocycles. The van der Waals surface area contributed by atoms with Gasteiger partial charge in [0.25, 0.3) is 0 Å². The maximum atomic E-state index is 10.2. The van der Waals surface area contributed by atoms with Crippen LogP contribution in [0.3, 0.4) is 0 Å². The van der Waals surface area contributed by atoms with E-state index in [1.54, 1.807) is 4.80 Å². The standard InChI is InChI=1S/C27H30ClN3O2/c1-4-23(32)14-18-11-19(15-24(33)5-2)13-20(12-18)25-8-7-22(10-17(25)3)31-29-26-9-6-21(28)16-27(26)30-31/h6-13,16,23-24,32-33H,4-5,14-15H2,1-3H3. The smallest absolute Gasteiger partial charge is 0.115 e. The van der Waals surface area contributed by atoms with Gasteiger partial charge in [-0.05, 0) is 90.8 Å². The summed E-state index contributed by atoms with van der Waals surface area (Å²) >= 11 is 6.09. The lowest BCUT2D eigenvalue weighted by atomic mass is 9.92. The van der Waals surface area contributed by atoms with Crippen molar-refractivity contribution < 1.29 is 10.2 Å². The average Bonchev–Trinajstić information content (AvgIpc) is 3.21. The molecule has 0 radical (unpaired) electrons. The fourth-order valence-corrected chi connectivity index (χ4v) is 4.25. The van der Waals surface area contributed by atoms with Crippen LogP contribution in [0.25, 0.3) is 27.8 Å². The number of benzene rings is 3. The largest absolute Gasteiger partial charge is 0.393 e. The summed E-state index contributed by atoms with van der Waals surface area (Å²) in [5.74, 6) is 0. The molecule has 0 aliphatic rings. The van der Waals surface area contributed by atoms with E-state index in [9.17, 15) is 10.2 Å². The third-order valence-corrected chi connectivity index (χ3v) is 6.27. The van der Waals surface area contributed by atoms with E-state index in [0.29, 0.717) is 30.7 Å². The Labute approximate surface area is 199 Å². The van der Waals surface area contributed by atoms with Gasteiger partial charge in [-0.1, -0.05) is 49.7 Å². The molecule has 0 amide bonds. The fourth-order valence-electron chi connectivity index (χ4n) is 4.09. The highest BCUT2D eigenvalue weighted by Gasteiger charge is 2.13. The van der Waals surface area contributed by atoms with Crippen LogP contribution >= 0.6 is 11.6 Å². The minimum atomic E-state index is -0.374. The normalized spacial score (nSPS) is 13.4. The molecular formula is C27H30ClN3O2. The molecule has 172 valence electrons. The van der Waals surface area contributed by atoms with Crippen LogP contribution < -0.4 is 0 Å². The van der Waals surface area contributed by atoms with Crippen LogP contribution in [0.2, 0.25) is 5.02 Å². The van der Waals surface area contributed by atoms with E-state index in [2.05, 4.69) is 47.5 Å². The van der Waals surface area contributed by atoms with Crippen molar-refractivity contribution in [2.45, 2.75) is 58.7 Å². The van der Waals surface area contributed by atoms with Crippen molar-refractivity contribution in [1.29, 1.82) is 0 Å². The van der Waals surface area contributed by atoms with E-state index in [-0.39, 0.29) is 12.2 Å². The predicted molar refractivity (Wildman–Crippen MR) is 134 cm³/mol. The second kappa shape index (κ2) is 10.0. The first-order valence-corrected chi connectivity index (χ1v) is 11.9. The van der Waals surface area contributed by atoms with Crippen molar-refractivity contribution in [3.8, 4) is 16.8 Å². The Morgan fingerprint density at radius 3 is 2.06 bits per heavy atom. The topological polar surface area (TPSA) is 71.2 Å². The molecule has 0 bridgehead atoms. The Balaban J connectivity index is 1.71. The molecule has 1 heterocycles. The van der Waals surface area contributed by atoms with Gasteiger partial charge in [0, 0.05) is 5.02 Å². The summed E-state index contributed by atoms with van der Waals surface area (Å²) in [5, 5.41) is 30.2. The monoisotopic (exact) mass is 463 g/mol. The van der Waals surface area contributed by atoms with Crippen molar-refractivity contribution in [1.82, 2.24) is 15.0 Å². The van der Waals surface area contributed by atoms with Crippen LogP contribution in [0, 0.1) is 6.92 Å². The number of rotatable bonds is 8. The highest BCUT2D eigenvalue weighted by molar-refractivity contribution is 6.31. The molecule has 0 spiro atoms. The van der Waals surface area contributed by atoms with Gasteiger partial charge in [-0.15, -0.1) is 10.2 Å². The van der Waals surface area contributed by atoms with Gasteiger partial charge in [-0.2, -0.15) is 4.80 Å². The Hall–Kier alpha value is -2.73. The number of aryl methyl sites for hydroxylation is 1. The van der Waals surface area contributed by atoms with Gasteiger partial charge in [-0.25, -0.2) is 0 Å². The average molecular weight is 464 g/mol. The minimum absolute atomic E-state index is 0.374. The van der Waals surface area contributed by atoms with E-state index in [1.165, 1.54) is 0 Å². The molecular weight excluding hydrogens is 434 g/mol. The predicted octanol–water partition coefficient (Wildman–Crippen LogP) is 5.68. The number of halogens is 1. The molecule has 4 rings (SSSR count). The Morgan fingerprint density at radius 2 is 1.45 bits per heavy atom. The zero-order valence-electron chi connectivity index (χ0n) is 19.3. The molecule has 0 saturated carbocycles. The third kappa shape index (κ3) is 5.44. The summed E-state index contributed by atoms with van der Waals surface area (Å²) < 4.78 is 0. The summed E-state index contributed by atoms with van der Waals surface area (Å²) in [5.41, 5.74) is 7.89. The summed E-state index contributed by atoms with van der Waals surface area (Å²) in [6, 6.07) is 18.1. The van der Waals surface area contributed by atoms with Gasteiger partial charge in [-0.3, -0.25) is 0 Å². The van der Waals surface area contributed by atoms with E-state index in [4.69, 9.17) is 11.6 Å². The molecule has 0 saturated heterocycles. The quantitative estimate of drug-likeness (QED) is 0.353. The van der Waals surface area contributed by atoms with Crippen LogP contribution in [0.5, 0.6) is 0 Å². The highest BCUT2D eigenvalue weighted by atomic mass is 35.5. The number of aliphatic hydroxyl groups is 2. The second-order valence-corrected chi connectivity index (χ2v) is 9.13. The Morgan fingerprint density at radius 1 is 0.818 bits per heavy atom. The zero-order chi connectivity index (χ0) is 23.5. The fraction of sp³-hybridized carbons (Fsp3) is 0.333. The molecule has 4 aromatic rings. The molecule has 5 nitrogen and oxygen atoms in total. The Kier molecular flexibility index (Phi) is 7.13. The van der Waals surface area contributed by atoms with Crippen LogP contribution in [-0.2, 0) is 12.8 Å². The molecule has 2 unspecified atom stereocenters. The number of aromatic nitrogens is 3. The highest BCUT2D eigenvalue weighted by Crippen LogP contribution is 2.29. The van der Waals surface area contributed by atoms with E-state index in [0.717, 1.165) is 44.5 Å². The van der Waals surface area contributed by atoms with Gasteiger partial charge in [0.2, 0.25) is 0 Å². The number of nitrogens with zero attached hydrogens (tertiary/aromatic N) is 3. The summed E-state index contributed by atoms with van der Waals surface area (Å²) in [6.07, 6.45) is 1.87. The van der Waals surface area contributed by atoms with Crippen molar-refractivity contribution in [2.75, 3.05) is 0 Å². The number of hydrogen-bond acceptors (Lipinski definition) is 4. The minimum Gasteiger partial charge on any atom is -0.393 e. The summed E-state index contributed by atoms with van der Waals surface area (Å²) in [6.45, 7) is 6.05. The molecule has 2 N–H and O–H groups in total. The molecule has 0 aliphatic heterocycles. The van der Waals surface area contributed by atoms with Crippen LogP contribution in [0.4, 0.5) is 0 Å². The Bertz CT molecular complexity index is 1240. The lowest BCUT2D eigenvalue weighted by Gasteiger charge is -2.16. The van der Waals surface area contributed by atoms with Gasteiger partial charge >= 0.3 is 0 Å².